The van der Waals surface area contributed by atoms with Crippen molar-refractivity contribution >= 4 is 0 Å². The van der Waals surface area contributed by atoms with Crippen LogP contribution in [-0.2, 0) is 10.8 Å². The van der Waals surface area contributed by atoms with Gasteiger partial charge in [-0.15, -0.1) is 0 Å². The molecule has 8 aromatic carbocycles. The molecule has 10 rings (SSSR count). The van der Waals surface area contributed by atoms with Crippen LogP contribution in [0.5, 0.6) is 0 Å². The molecule has 0 aliphatic heterocycles. The Bertz CT molecular complexity index is 2640. The van der Waals surface area contributed by atoms with E-state index < -0.39 is 5.41 Å². The SMILES string of the molecule is CC(c1cccc(-c2cccc3c2-c2ccccc2C3(c2ccccc2)c2ccccc2)c1)C(c1ccccc1)c1ccc2c(c1)C(C)(C)c1ccccc1-2. The lowest BCUT2D eigenvalue weighted by atomic mass is 9.67. The quantitative estimate of drug-likeness (QED) is 0.155. The molecule has 0 heteroatoms. The summed E-state index contributed by atoms with van der Waals surface area (Å²) in [5.41, 5.74) is 19.6. The van der Waals surface area contributed by atoms with Crippen LogP contribution >= 0.6 is 0 Å². The van der Waals surface area contributed by atoms with Crippen LogP contribution in [0, 0.1) is 0 Å². The Morgan fingerprint density at radius 3 is 1.60 bits per heavy atom. The number of fused-ring (bicyclic) bond motifs is 6. The fourth-order valence-electron chi connectivity index (χ4n) is 10.3. The van der Waals surface area contributed by atoms with E-state index in [4.69, 9.17) is 0 Å². The molecule has 0 saturated heterocycles. The Balaban J connectivity index is 1.12. The molecule has 0 nitrogen and oxygen atoms in total. The molecule has 2 unspecified atom stereocenters. The Morgan fingerprint density at radius 1 is 0.364 bits per heavy atom. The van der Waals surface area contributed by atoms with Crippen molar-refractivity contribution in [3.8, 4) is 33.4 Å². The molecule has 0 heterocycles. The molecule has 0 radical (unpaired) electrons. The third kappa shape index (κ3) is 5.05. The van der Waals surface area contributed by atoms with Crippen LogP contribution in [-0.4, -0.2) is 0 Å². The van der Waals surface area contributed by atoms with Gasteiger partial charge in [-0.25, -0.2) is 0 Å². The molecule has 0 N–H and O–H groups in total. The van der Waals surface area contributed by atoms with Gasteiger partial charge in [0.2, 0.25) is 0 Å². The minimum absolute atomic E-state index is 0.0506. The molecule has 2 atom stereocenters. The van der Waals surface area contributed by atoms with Crippen LogP contribution in [0.1, 0.15) is 82.7 Å². The number of hydrogen-bond acceptors (Lipinski definition) is 0. The molecule has 2 aliphatic carbocycles. The lowest BCUT2D eigenvalue weighted by Crippen LogP contribution is -2.28. The zero-order valence-electron chi connectivity index (χ0n) is 31.7. The predicted octanol–water partition coefficient (Wildman–Crippen LogP) is 14.0. The highest BCUT2D eigenvalue weighted by Gasteiger charge is 2.46. The minimum atomic E-state index is -0.422. The molecule has 0 bridgehead atoms. The second kappa shape index (κ2) is 13.0. The van der Waals surface area contributed by atoms with Crippen molar-refractivity contribution in [2.45, 2.75) is 43.4 Å². The summed E-state index contributed by atoms with van der Waals surface area (Å²) < 4.78 is 0. The van der Waals surface area contributed by atoms with E-state index in [1.807, 2.05) is 0 Å². The van der Waals surface area contributed by atoms with Crippen molar-refractivity contribution in [3.63, 3.8) is 0 Å². The maximum atomic E-state index is 2.51. The fraction of sp³-hybridized carbons (Fsp3) is 0.127. The molecule has 0 spiro atoms. The Hall–Kier alpha value is -6.24. The highest BCUT2D eigenvalue weighted by Crippen LogP contribution is 2.58. The van der Waals surface area contributed by atoms with Crippen LogP contribution in [0.15, 0.2) is 200 Å². The monoisotopic (exact) mass is 704 g/mol. The lowest BCUT2D eigenvalue weighted by molar-refractivity contribution is 0.641. The Labute approximate surface area is 325 Å². The average molecular weight is 705 g/mol. The molecular weight excluding hydrogens is 661 g/mol. The maximum Gasteiger partial charge on any atom is 0.0713 e. The van der Waals surface area contributed by atoms with Crippen molar-refractivity contribution < 1.29 is 0 Å². The van der Waals surface area contributed by atoms with Crippen molar-refractivity contribution in [3.05, 3.63) is 250 Å². The fourth-order valence-corrected chi connectivity index (χ4v) is 10.3. The third-order valence-electron chi connectivity index (χ3n) is 12.8. The predicted molar refractivity (Wildman–Crippen MR) is 230 cm³/mol. The molecule has 264 valence electrons. The van der Waals surface area contributed by atoms with E-state index in [1.165, 1.54) is 83.5 Å². The number of benzene rings is 8. The zero-order valence-corrected chi connectivity index (χ0v) is 31.7. The van der Waals surface area contributed by atoms with Crippen molar-refractivity contribution in [1.82, 2.24) is 0 Å². The topological polar surface area (TPSA) is 0 Å². The minimum Gasteiger partial charge on any atom is -0.0622 e. The van der Waals surface area contributed by atoms with E-state index in [1.54, 1.807) is 0 Å². The Morgan fingerprint density at radius 2 is 0.891 bits per heavy atom. The summed E-state index contributed by atoms with van der Waals surface area (Å²) in [6, 6.07) is 75.0. The van der Waals surface area contributed by atoms with Gasteiger partial charge in [0.1, 0.15) is 0 Å². The lowest BCUT2D eigenvalue weighted by Gasteiger charge is -2.34. The Kier molecular flexibility index (Phi) is 7.86. The van der Waals surface area contributed by atoms with Crippen LogP contribution < -0.4 is 0 Å². The highest BCUT2D eigenvalue weighted by molar-refractivity contribution is 5.95. The molecule has 8 aromatic rings. The van der Waals surface area contributed by atoms with Gasteiger partial charge in [0.15, 0.2) is 0 Å². The van der Waals surface area contributed by atoms with Gasteiger partial charge in [-0.3, -0.25) is 0 Å². The summed E-state index contributed by atoms with van der Waals surface area (Å²) in [4.78, 5) is 0. The van der Waals surface area contributed by atoms with Gasteiger partial charge in [-0.05, 0) is 89.4 Å². The van der Waals surface area contributed by atoms with Gasteiger partial charge in [0, 0.05) is 11.3 Å². The summed E-state index contributed by atoms with van der Waals surface area (Å²) in [7, 11) is 0. The van der Waals surface area contributed by atoms with E-state index in [-0.39, 0.29) is 17.3 Å². The van der Waals surface area contributed by atoms with E-state index in [0.29, 0.717) is 0 Å². The smallest absolute Gasteiger partial charge is 0.0622 e. The van der Waals surface area contributed by atoms with Crippen LogP contribution in [0.2, 0.25) is 0 Å². The molecule has 55 heavy (non-hydrogen) atoms. The number of rotatable bonds is 7. The van der Waals surface area contributed by atoms with E-state index >= 15 is 0 Å². The van der Waals surface area contributed by atoms with Gasteiger partial charge in [0.25, 0.3) is 0 Å². The second-order valence-electron chi connectivity index (χ2n) is 16.0. The maximum absolute atomic E-state index is 2.51. The summed E-state index contributed by atoms with van der Waals surface area (Å²) in [6.07, 6.45) is 0. The van der Waals surface area contributed by atoms with Gasteiger partial charge < -0.3 is 0 Å². The molecule has 2 aliphatic rings. The summed E-state index contributed by atoms with van der Waals surface area (Å²) in [5.74, 6) is 0.413. The van der Waals surface area contributed by atoms with Crippen LogP contribution in [0.4, 0.5) is 0 Å². The van der Waals surface area contributed by atoms with Crippen molar-refractivity contribution in [2.24, 2.45) is 0 Å². The van der Waals surface area contributed by atoms with Crippen LogP contribution in [0.3, 0.4) is 0 Å². The second-order valence-corrected chi connectivity index (χ2v) is 16.0. The summed E-state index contributed by atoms with van der Waals surface area (Å²) >= 11 is 0. The van der Waals surface area contributed by atoms with Gasteiger partial charge in [-0.1, -0.05) is 221 Å². The van der Waals surface area contributed by atoms with Crippen molar-refractivity contribution in [2.75, 3.05) is 0 Å². The molecular formula is C55H44. The van der Waals surface area contributed by atoms with E-state index in [0.717, 1.165) is 0 Å². The van der Waals surface area contributed by atoms with Gasteiger partial charge in [-0.2, -0.15) is 0 Å². The van der Waals surface area contributed by atoms with Gasteiger partial charge in [0.05, 0.1) is 5.41 Å². The normalized spacial score (nSPS) is 15.3. The van der Waals surface area contributed by atoms with E-state index in [9.17, 15) is 0 Å². The van der Waals surface area contributed by atoms with Gasteiger partial charge >= 0.3 is 0 Å². The average Bonchev–Trinajstić information content (AvgIpc) is 3.68. The summed E-state index contributed by atoms with van der Waals surface area (Å²) in [5, 5.41) is 0. The molecule has 0 aromatic heterocycles. The summed E-state index contributed by atoms with van der Waals surface area (Å²) in [6.45, 7) is 7.18. The first-order valence-corrected chi connectivity index (χ1v) is 19.7. The molecule has 0 saturated carbocycles. The first-order chi connectivity index (χ1) is 27.0. The number of hydrogen-bond donors (Lipinski definition) is 0. The molecule has 0 fully saturated rings. The largest absolute Gasteiger partial charge is 0.0713 e. The molecule has 0 amide bonds. The zero-order chi connectivity index (χ0) is 37.1. The first kappa shape index (κ1) is 33.3. The van der Waals surface area contributed by atoms with E-state index in [2.05, 4.69) is 221 Å². The van der Waals surface area contributed by atoms with Crippen molar-refractivity contribution in [1.29, 1.82) is 0 Å². The highest BCUT2D eigenvalue weighted by atomic mass is 14.5. The first-order valence-electron chi connectivity index (χ1n) is 19.7. The van der Waals surface area contributed by atoms with Crippen LogP contribution in [0.25, 0.3) is 33.4 Å². The standard InChI is InChI=1S/C55H44/c1-37(52(38-19-7-4-8-20-38)41-33-34-46-45-27-13-15-30-48(45)54(2,3)51(46)36-41)39-21-17-22-40(35-39)44-29-18-32-50-53(44)47-28-14-16-31-49(47)55(50,42-23-9-5-10-24-42)43-25-11-6-12-26-43/h4-37,52H,1-3H3. The third-order valence-corrected chi connectivity index (χ3v) is 12.8.